The SMILES string of the molecule is c1ccc2c(c1)c1c3ccccc3n3c4cncnc4n4c5ccccc5c2c4c13. The van der Waals surface area contributed by atoms with Gasteiger partial charge in [0.2, 0.25) is 0 Å². The maximum Gasteiger partial charge on any atom is 0.165 e. The minimum absolute atomic E-state index is 0.932. The summed E-state index contributed by atoms with van der Waals surface area (Å²) in [7, 11) is 0. The van der Waals surface area contributed by atoms with Gasteiger partial charge in [0, 0.05) is 21.5 Å². The Hall–Kier alpha value is -4.18. The van der Waals surface area contributed by atoms with Crippen LogP contribution in [0.4, 0.5) is 0 Å². The molecular formula is C26H14N4. The average Bonchev–Trinajstić information content (AvgIpc) is 3.34. The van der Waals surface area contributed by atoms with Crippen molar-refractivity contribution in [2.75, 3.05) is 0 Å². The highest BCUT2D eigenvalue weighted by atomic mass is 15.1. The van der Waals surface area contributed by atoms with Crippen molar-refractivity contribution < 1.29 is 0 Å². The van der Waals surface area contributed by atoms with Gasteiger partial charge in [0.25, 0.3) is 0 Å². The second-order valence-corrected chi connectivity index (χ2v) is 7.93. The molecule has 138 valence electrons. The van der Waals surface area contributed by atoms with Crippen molar-refractivity contribution in [3.05, 3.63) is 85.3 Å². The van der Waals surface area contributed by atoms with E-state index in [1.807, 2.05) is 6.20 Å². The predicted octanol–water partition coefficient (Wildman–Crippen LogP) is 6.19. The van der Waals surface area contributed by atoms with Crippen LogP contribution in [-0.4, -0.2) is 18.8 Å². The van der Waals surface area contributed by atoms with Crippen LogP contribution >= 0.6 is 0 Å². The Kier molecular flexibility index (Phi) is 2.39. The summed E-state index contributed by atoms with van der Waals surface area (Å²) in [6.45, 7) is 0. The van der Waals surface area contributed by atoms with Gasteiger partial charge in [0.15, 0.2) is 5.65 Å². The lowest BCUT2D eigenvalue weighted by Crippen LogP contribution is -1.99. The lowest BCUT2D eigenvalue weighted by Gasteiger charge is -2.11. The molecule has 30 heavy (non-hydrogen) atoms. The molecule has 4 heterocycles. The third kappa shape index (κ3) is 1.47. The highest BCUT2D eigenvalue weighted by Crippen LogP contribution is 2.45. The molecule has 8 aromatic rings. The fourth-order valence-electron chi connectivity index (χ4n) is 5.51. The van der Waals surface area contributed by atoms with Gasteiger partial charge in [0.05, 0.1) is 28.3 Å². The van der Waals surface area contributed by atoms with Crippen LogP contribution in [0.5, 0.6) is 0 Å². The van der Waals surface area contributed by atoms with Crippen molar-refractivity contribution in [2.24, 2.45) is 0 Å². The minimum Gasteiger partial charge on any atom is -0.302 e. The second kappa shape index (κ2) is 4.86. The number of benzene rings is 4. The van der Waals surface area contributed by atoms with E-state index >= 15 is 0 Å². The summed E-state index contributed by atoms with van der Waals surface area (Å²) < 4.78 is 4.68. The van der Waals surface area contributed by atoms with Crippen LogP contribution in [0.25, 0.3) is 65.5 Å². The fourth-order valence-corrected chi connectivity index (χ4v) is 5.51. The summed E-state index contributed by atoms with van der Waals surface area (Å²) in [6, 6.07) is 26.1. The summed E-state index contributed by atoms with van der Waals surface area (Å²) >= 11 is 0. The van der Waals surface area contributed by atoms with Crippen molar-refractivity contribution in [1.82, 2.24) is 18.8 Å². The molecule has 4 nitrogen and oxygen atoms in total. The van der Waals surface area contributed by atoms with Gasteiger partial charge < -0.3 is 4.40 Å². The van der Waals surface area contributed by atoms with Gasteiger partial charge >= 0.3 is 0 Å². The fraction of sp³-hybridized carbons (Fsp3) is 0. The van der Waals surface area contributed by atoms with Crippen LogP contribution in [0.15, 0.2) is 85.3 Å². The highest BCUT2D eigenvalue weighted by Gasteiger charge is 2.24. The number of fused-ring (bicyclic) bond motifs is 12. The van der Waals surface area contributed by atoms with Crippen molar-refractivity contribution in [1.29, 1.82) is 0 Å². The molecule has 4 aromatic heterocycles. The monoisotopic (exact) mass is 382 g/mol. The van der Waals surface area contributed by atoms with E-state index in [4.69, 9.17) is 4.98 Å². The lowest BCUT2D eigenvalue weighted by atomic mass is 9.98. The summed E-state index contributed by atoms with van der Waals surface area (Å²) in [5.41, 5.74) is 6.80. The largest absolute Gasteiger partial charge is 0.302 e. The molecule has 0 saturated carbocycles. The third-order valence-corrected chi connectivity index (χ3v) is 6.56. The number of rotatable bonds is 0. The van der Waals surface area contributed by atoms with Crippen molar-refractivity contribution in [3.63, 3.8) is 0 Å². The number of aromatic nitrogens is 4. The Morgan fingerprint density at radius 2 is 1.07 bits per heavy atom. The third-order valence-electron chi connectivity index (χ3n) is 6.56. The van der Waals surface area contributed by atoms with Gasteiger partial charge in [-0.2, -0.15) is 0 Å². The van der Waals surface area contributed by atoms with Crippen LogP contribution in [0.2, 0.25) is 0 Å². The van der Waals surface area contributed by atoms with Crippen LogP contribution in [-0.2, 0) is 0 Å². The van der Waals surface area contributed by atoms with Crippen LogP contribution in [0.3, 0.4) is 0 Å². The van der Waals surface area contributed by atoms with Gasteiger partial charge in [-0.15, -0.1) is 0 Å². The molecule has 0 bridgehead atoms. The first kappa shape index (κ1) is 14.8. The maximum atomic E-state index is 4.75. The molecule has 0 aliphatic carbocycles. The Balaban J connectivity index is 1.96. The molecule has 0 fully saturated rings. The molecule has 0 unspecified atom stereocenters. The quantitative estimate of drug-likeness (QED) is 0.293. The molecule has 0 radical (unpaired) electrons. The number of para-hydroxylation sites is 2. The second-order valence-electron chi connectivity index (χ2n) is 7.93. The van der Waals surface area contributed by atoms with Crippen molar-refractivity contribution >= 4 is 65.5 Å². The van der Waals surface area contributed by atoms with Crippen LogP contribution in [0, 0.1) is 0 Å². The average molecular weight is 382 g/mol. The van der Waals surface area contributed by atoms with E-state index in [2.05, 4.69) is 86.6 Å². The van der Waals surface area contributed by atoms with E-state index in [0.717, 1.165) is 11.2 Å². The Labute approximate surface area is 169 Å². The van der Waals surface area contributed by atoms with Crippen LogP contribution in [0.1, 0.15) is 0 Å². The zero-order valence-electron chi connectivity index (χ0n) is 15.9. The molecule has 0 saturated heterocycles. The topological polar surface area (TPSA) is 34.6 Å². The lowest BCUT2D eigenvalue weighted by molar-refractivity contribution is 1.13. The summed E-state index contributed by atoms with van der Waals surface area (Å²) in [5.74, 6) is 0. The molecule has 0 atom stereocenters. The molecule has 8 rings (SSSR count). The number of nitrogens with zero attached hydrogens (tertiary/aromatic N) is 4. The smallest absolute Gasteiger partial charge is 0.165 e. The van der Waals surface area contributed by atoms with Crippen LogP contribution < -0.4 is 0 Å². The summed E-state index contributed by atoms with van der Waals surface area (Å²) in [4.78, 5) is 9.14. The molecule has 0 aliphatic rings. The van der Waals surface area contributed by atoms with Crippen molar-refractivity contribution in [2.45, 2.75) is 0 Å². The van der Waals surface area contributed by atoms with E-state index < -0.39 is 0 Å². The first-order valence-corrected chi connectivity index (χ1v) is 10.1. The van der Waals surface area contributed by atoms with Gasteiger partial charge in [0.1, 0.15) is 11.8 Å². The Morgan fingerprint density at radius 1 is 0.533 bits per heavy atom. The molecule has 0 N–H and O–H groups in total. The van der Waals surface area contributed by atoms with Gasteiger partial charge in [-0.05, 0) is 22.9 Å². The Bertz CT molecular complexity index is 1670. The minimum atomic E-state index is 0.932. The molecular weight excluding hydrogens is 368 g/mol. The van der Waals surface area contributed by atoms with E-state index in [-0.39, 0.29) is 0 Å². The van der Waals surface area contributed by atoms with Gasteiger partial charge in [-0.1, -0.05) is 60.7 Å². The number of hydrogen-bond acceptors (Lipinski definition) is 2. The first-order chi connectivity index (χ1) is 14.9. The normalized spacial score (nSPS) is 12.7. The standard InChI is InChI=1S/C26H14N4/c1-2-8-16-15(7-1)22-17-9-3-5-11-19(17)29-21-13-27-14-28-26(21)30-20-12-6-4-10-18(20)23(16)25(30)24(22)29/h1-14H. The predicted molar refractivity (Wildman–Crippen MR) is 123 cm³/mol. The van der Waals surface area contributed by atoms with Gasteiger partial charge in [-0.25, -0.2) is 9.97 Å². The zero-order valence-corrected chi connectivity index (χ0v) is 15.9. The summed E-state index contributed by atoms with van der Waals surface area (Å²) in [6.07, 6.45) is 3.58. The molecule has 4 heteroatoms. The molecule has 4 aromatic carbocycles. The van der Waals surface area contributed by atoms with E-state index in [9.17, 15) is 0 Å². The molecule has 0 spiro atoms. The molecule has 0 amide bonds. The highest BCUT2D eigenvalue weighted by molar-refractivity contribution is 6.36. The Morgan fingerprint density at radius 3 is 1.73 bits per heavy atom. The maximum absolute atomic E-state index is 4.75. The van der Waals surface area contributed by atoms with E-state index in [1.54, 1.807) is 6.33 Å². The summed E-state index contributed by atoms with van der Waals surface area (Å²) in [5, 5.41) is 7.69. The van der Waals surface area contributed by atoms with Crippen molar-refractivity contribution in [3.8, 4) is 0 Å². The van der Waals surface area contributed by atoms with Gasteiger partial charge in [-0.3, -0.25) is 4.40 Å². The molecule has 0 aliphatic heterocycles. The van der Waals surface area contributed by atoms with E-state index in [1.165, 1.54) is 54.4 Å². The first-order valence-electron chi connectivity index (χ1n) is 10.1. The number of hydrogen-bond donors (Lipinski definition) is 0. The zero-order chi connectivity index (χ0) is 19.4. The van der Waals surface area contributed by atoms with E-state index in [0.29, 0.717) is 0 Å².